The van der Waals surface area contributed by atoms with Crippen molar-refractivity contribution in [1.29, 1.82) is 0 Å². The molecule has 0 heterocycles. The van der Waals surface area contributed by atoms with E-state index in [2.05, 4.69) is 5.32 Å². The molecule has 0 saturated carbocycles. The van der Waals surface area contributed by atoms with Crippen LogP contribution in [0.25, 0.3) is 0 Å². The highest BCUT2D eigenvalue weighted by molar-refractivity contribution is 5.29. The third-order valence-electron chi connectivity index (χ3n) is 3.18. The van der Waals surface area contributed by atoms with Gasteiger partial charge in [0.05, 0.1) is 5.60 Å². The third-order valence-corrected chi connectivity index (χ3v) is 3.18. The van der Waals surface area contributed by atoms with Gasteiger partial charge in [-0.15, -0.1) is 0 Å². The second-order valence-electron chi connectivity index (χ2n) is 4.44. The molecule has 0 fully saturated rings. The first kappa shape index (κ1) is 14.9. The Morgan fingerprint density at radius 1 is 1.17 bits per heavy atom. The van der Waals surface area contributed by atoms with Gasteiger partial charge in [0.15, 0.2) is 17.4 Å². The fourth-order valence-electron chi connectivity index (χ4n) is 1.66. The Morgan fingerprint density at radius 3 is 2.11 bits per heavy atom. The Hall–Kier alpha value is -1.20. The number of halogens is 2. The van der Waals surface area contributed by atoms with Crippen LogP contribution in [0.5, 0.6) is 5.75 Å². The van der Waals surface area contributed by atoms with Crippen molar-refractivity contribution >= 4 is 0 Å². The van der Waals surface area contributed by atoms with Crippen LogP contribution in [0.15, 0.2) is 12.1 Å². The molecule has 1 rings (SSSR count). The summed E-state index contributed by atoms with van der Waals surface area (Å²) in [6.07, 6.45) is 1.21. The molecule has 102 valence electrons. The minimum absolute atomic E-state index is 0.233. The molecule has 0 radical (unpaired) electrons. The first-order valence-electron chi connectivity index (χ1n) is 6.02. The number of rotatable bonds is 6. The van der Waals surface area contributed by atoms with Crippen LogP contribution in [0, 0.1) is 11.6 Å². The quantitative estimate of drug-likeness (QED) is 0.735. The second kappa shape index (κ2) is 6.11. The summed E-state index contributed by atoms with van der Waals surface area (Å²) in [6, 6.07) is 2.14. The number of aromatic hydroxyl groups is 1. The van der Waals surface area contributed by atoms with E-state index in [1.165, 1.54) is 0 Å². The highest BCUT2D eigenvalue weighted by Crippen LogP contribution is 2.21. The van der Waals surface area contributed by atoms with Gasteiger partial charge < -0.3 is 15.5 Å². The highest BCUT2D eigenvalue weighted by atomic mass is 19.1. The summed E-state index contributed by atoms with van der Waals surface area (Å²) in [7, 11) is 0. The van der Waals surface area contributed by atoms with Gasteiger partial charge in [0, 0.05) is 13.1 Å². The molecule has 0 spiro atoms. The zero-order chi connectivity index (χ0) is 13.8. The number of hydrogen-bond acceptors (Lipinski definition) is 3. The smallest absolute Gasteiger partial charge is 0.187 e. The van der Waals surface area contributed by atoms with Gasteiger partial charge in [-0.1, -0.05) is 13.8 Å². The molecule has 0 aromatic heterocycles. The van der Waals surface area contributed by atoms with Crippen LogP contribution < -0.4 is 5.32 Å². The zero-order valence-electron chi connectivity index (χ0n) is 10.6. The highest BCUT2D eigenvalue weighted by Gasteiger charge is 2.21. The summed E-state index contributed by atoms with van der Waals surface area (Å²) < 4.78 is 26.1. The summed E-state index contributed by atoms with van der Waals surface area (Å²) in [5.41, 5.74) is -0.411. The lowest BCUT2D eigenvalue weighted by Crippen LogP contribution is -2.39. The van der Waals surface area contributed by atoms with Crippen molar-refractivity contribution in [3.05, 3.63) is 29.3 Å². The van der Waals surface area contributed by atoms with Gasteiger partial charge in [0.1, 0.15) is 0 Å². The second-order valence-corrected chi connectivity index (χ2v) is 4.44. The van der Waals surface area contributed by atoms with E-state index in [1.807, 2.05) is 13.8 Å². The molecule has 5 heteroatoms. The topological polar surface area (TPSA) is 52.5 Å². The lowest BCUT2D eigenvalue weighted by molar-refractivity contribution is 0.0323. The molecule has 1 aromatic rings. The largest absolute Gasteiger partial charge is 0.503 e. The number of aliphatic hydroxyl groups is 1. The number of phenolic OH excluding ortho intramolecular Hbond substituents is 1. The van der Waals surface area contributed by atoms with Gasteiger partial charge >= 0.3 is 0 Å². The summed E-state index contributed by atoms with van der Waals surface area (Å²) in [4.78, 5) is 0. The Morgan fingerprint density at radius 2 is 1.67 bits per heavy atom. The number of phenols is 1. The van der Waals surface area contributed by atoms with Crippen molar-refractivity contribution in [2.45, 2.75) is 38.8 Å². The molecule has 3 N–H and O–H groups in total. The summed E-state index contributed by atoms with van der Waals surface area (Å²) in [5.74, 6) is -2.92. The molecular formula is C13H19F2NO2. The van der Waals surface area contributed by atoms with E-state index < -0.39 is 23.0 Å². The maximum Gasteiger partial charge on any atom is 0.187 e. The van der Waals surface area contributed by atoms with Crippen LogP contribution in [0.4, 0.5) is 8.78 Å². The van der Waals surface area contributed by atoms with Crippen LogP contribution in [0.2, 0.25) is 0 Å². The van der Waals surface area contributed by atoms with E-state index in [4.69, 9.17) is 5.11 Å². The summed E-state index contributed by atoms with van der Waals surface area (Å²) >= 11 is 0. The van der Waals surface area contributed by atoms with Crippen molar-refractivity contribution in [2.24, 2.45) is 0 Å². The first-order valence-corrected chi connectivity index (χ1v) is 6.02. The maximum atomic E-state index is 13.1. The molecule has 0 aliphatic carbocycles. The van der Waals surface area contributed by atoms with Crippen LogP contribution in [-0.2, 0) is 6.54 Å². The van der Waals surface area contributed by atoms with Gasteiger partial charge in [-0.05, 0) is 30.5 Å². The Kier molecular flexibility index (Phi) is 5.04. The standard InChI is InChI=1S/C13H19F2NO2/c1-3-13(18,4-2)8-16-7-9-5-10(14)12(17)11(15)6-9/h5-6,16-18H,3-4,7-8H2,1-2H3. The van der Waals surface area contributed by atoms with Crippen LogP contribution in [0.3, 0.4) is 0 Å². The molecule has 0 unspecified atom stereocenters. The van der Waals surface area contributed by atoms with Crippen molar-refractivity contribution < 1.29 is 19.0 Å². The van der Waals surface area contributed by atoms with Crippen LogP contribution >= 0.6 is 0 Å². The fourth-order valence-corrected chi connectivity index (χ4v) is 1.66. The van der Waals surface area contributed by atoms with Crippen molar-refractivity contribution in [1.82, 2.24) is 5.32 Å². The molecule has 18 heavy (non-hydrogen) atoms. The molecule has 0 saturated heterocycles. The fraction of sp³-hybridized carbons (Fsp3) is 0.538. The van der Waals surface area contributed by atoms with Crippen molar-refractivity contribution in [3.8, 4) is 5.75 Å². The molecule has 0 aliphatic heterocycles. The summed E-state index contributed by atoms with van der Waals surface area (Å²) in [6.45, 7) is 4.34. The van der Waals surface area contributed by atoms with Gasteiger partial charge in [0.2, 0.25) is 0 Å². The molecule has 0 amide bonds. The average Bonchev–Trinajstić information content (AvgIpc) is 2.35. The van der Waals surface area contributed by atoms with E-state index in [0.29, 0.717) is 24.9 Å². The molecule has 1 aromatic carbocycles. The summed E-state index contributed by atoms with van der Waals surface area (Å²) in [5, 5.41) is 21.9. The SMILES string of the molecule is CCC(O)(CC)CNCc1cc(F)c(O)c(F)c1. The van der Waals surface area contributed by atoms with Gasteiger partial charge in [-0.25, -0.2) is 8.78 Å². The first-order chi connectivity index (χ1) is 8.41. The van der Waals surface area contributed by atoms with Crippen LogP contribution in [0.1, 0.15) is 32.3 Å². The Labute approximate surface area is 105 Å². The molecule has 0 atom stereocenters. The predicted octanol–water partition coefficient (Wildman–Crippen LogP) is 2.31. The number of benzene rings is 1. The minimum Gasteiger partial charge on any atom is -0.503 e. The lowest BCUT2D eigenvalue weighted by atomic mass is 9.97. The average molecular weight is 259 g/mol. The molecule has 3 nitrogen and oxygen atoms in total. The Bertz CT molecular complexity index is 383. The van der Waals surface area contributed by atoms with Gasteiger partial charge in [-0.2, -0.15) is 0 Å². The van der Waals surface area contributed by atoms with Crippen LogP contribution in [-0.4, -0.2) is 22.4 Å². The van der Waals surface area contributed by atoms with E-state index in [1.54, 1.807) is 0 Å². The predicted molar refractivity (Wildman–Crippen MR) is 65.3 cm³/mol. The van der Waals surface area contributed by atoms with Gasteiger partial charge in [-0.3, -0.25) is 0 Å². The van der Waals surface area contributed by atoms with Crippen molar-refractivity contribution in [3.63, 3.8) is 0 Å². The van der Waals surface area contributed by atoms with E-state index in [0.717, 1.165) is 12.1 Å². The normalized spacial score (nSPS) is 11.8. The lowest BCUT2D eigenvalue weighted by Gasteiger charge is -2.25. The number of nitrogens with one attached hydrogen (secondary N) is 1. The van der Waals surface area contributed by atoms with E-state index in [9.17, 15) is 13.9 Å². The minimum atomic E-state index is -0.979. The monoisotopic (exact) mass is 259 g/mol. The Balaban J connectivity index is 2.60. The molecule has 0 bridgehead atoms. The third kappa shape index (κ3) is 3.65. The number of hydrogen-bond donors (Lipinski definition) is 3. The van der Waals surface area contributed by atoms with E-state index >= 15 is 0 Å². The zero-order valence-corrected chi connectivity index (χ0v) is 10.6. The van der Waals surface area contributed by atoms with E-state index in [-0.39, 0.29) is 6.54 Å². The maximum absolute atomic E-state index is 13.1. The molecular weight excluding hydrogens is 240 g/mol. The molecule has 0 aliphatic rings. The van der Waals surface area contributed by atoms with Crippen molar-refractivity contribution in [2.75, 3.05) is 6.54 Å². The van der Waals surface area contributed by atoms with Gasteiger partial charge in [0.25, 0.3) is 0 Å².